The molecule has 2 amide bonds. The molecule has 6 heteroatoms. The third kappa shape index (κ3) is 3.66. The molecule has 1 aliphatic rings. The highest BCUT2D eigenvalue weighted by molar-refractivity contribution is 6.30. The summed E-state index contributed by atoms with van der Waals surface area (Å²) in [7, 11) is 0. The van der Waals surface area contributed by atoms with E-state index in [-0.39, 0.29) is 0 Å². The Hall–Kier alpha value is -3.44. The van der Waals surface area contributed by atoms with Gasteiger partial charge in [0.15, 0.2) is 0 Å². The number of nitrogens with zero attached hydrogens (tertiary/aromatic N) is 1. The van der Waals surface area contributed by atoms with Gasteiger partial charge in [0.2, 0.25) is 6.17 Å². The first-order valence-corrected chi connectivity index (χ1v) is 9.09. The van der Waals surface area contributed by atoms with Crippen LogP contribution < -0.4 is 10.6 Å². The van der Waals surface area contributed by atoms with Gasteiger partial charge in [-0.1, -0.05) is 60.1 Å². The largest absolute Gasteiger partial charge is 0.322 e. The zero-order valence-corrected chi connectivity index (χ0v) is 15.5. The van der Waals surface area contributed by atoms with E-state index in [9.17, 15) is 9.59 Å². The van der Waals surface area contributed by atoms with Gasteiger partial charge in [-0.25, -0.2) is 4.99 Å². The molecule has 0 bridgehead atoms. The first-order valence-electron chi connectivity index (χ1n) is 8.72. The zero-order chi connectivity index (χ0) is 19.5. The van der Waals surface area contributed by atoms with Gasteiger partial charge in [-0.3, -0.25) is 9.59 Å². The number of benzodiazepines with no additional fused rings is 1. The van der Waals surface area contributed by atoms with E-state index in [0.29, 0.717) is 22.0 Å². The summed E-state index contributed by atoms with van der Waals surface area (Å²) in [5.74, 6) is -0.806. The molecule has 138 valence electrons. The number of aliphatic imine (C=N–C) groups is 1. The van der Waals surface area contributed by atoms with Gasteiger partial charge in [0, 0.05) is 21.7 Å². The maximum absolute atomic E-state index is 12.7. The summed E-state index contributed by atoms with van der Waals surface area (Å²) in [5.41, 5.74) is 3.34. The average molecular weight is 390 g/mol. The van der Waals surface area contributed by atoms with Gasteiger partial charge in [0.05, 0.1) is 11.4 Å². The minimum absolute atomic E-state index is 0.399. The fourth-order valence-electron chi connectivity index (χ4n) is 2.99. The number of halogens is 1. The van der Waals surface area contributed by atoms with Crippen molar-refractivity contribution in [2.45, 2.75) is 6.17 Å². The van der Waals surface area contributed by atoms with Crippen molar-refractivity contribution in [3.05, 3.63) is 101 Å². The van der Waals surface area contributed by atoms with Gasteiger partial charge in [0.25, 0.3) is 11.8 Å². The number of carbonyl (C=O) groups excluding carboxylic acids is 2. The summed E-state index contributed by atoms with van der Waals surface area (Å²) in [6.07, 6.45) is -1.06. The Kier molecular flexibility index (Phi) is 4.91. The van der Waals surface area contributed by atoms with Crippen LogP contribution in [0.4, 0.5) is 5.69 Å². The smallest absolute Gasteiger partial charge is 0.269 e. The van der Waals surface area contributed by atoms with Crippen molar-refractivity contribution in [1.29, 1.82) is 0 Å². The van der Waals surface area contributed by atoms with Crippen molar-refractivity contribution < 1.29 is 9.59 Å². The first kappa shape index (κ1) is 17.9. The predicted molar refractivity (Wildman–Crippen MR) is 110 cm³/mol. The number of benzene rings is 3. The number of carbonyl (C=O) groups is 2. The van der Waals surface area contributed by atoms with Crippen LogP contribution in [0.3, 0.4) is 0 Å². The van der Waals surface area contributed by atoms with Gasteiger partial charge >= 0.3 is 0 Å². The quantitative estimate of drug-likeness (QED) is 0.713. The average Bonchev–Trinajstić information content (AvgIpc) is 2.86. The summed E-state index contributed by atoms with van der Waals surface area (Å²) < 4.78 is 0. The second kappa shape index (κ2) is 7.66. The number of amides is 2. The summed E-state index contributed by atoms with van der Waals surface area (Å²) in [5, 5.41) is 6.08. The summed E-state index contributed by atoms with van der Waals surface area (Å²) >= 11 is 5.87. The molecule has 1 unspecified atom stereocenters. The Bertz CT molecular complexity index is 1060. The number of nitrogens with one attached hydrogen (secondary N) is 2. The molecule has 0 aliphatic carbocycles. The van der Waals surface area contributed by atoms with E-state index in [1.807, 2.05) is 54.6 Å². The van der Waals surface area contributed by atoms with Crippen LogP contribution >= 0.6 is 11.6 Å². The lowest BCUT2D eigenvalue weighted by molar-refractivity contribution is -0.117. The lowest BCUT2D eigenvalue weighted by atomic mass is 10.0. The van der Waals surface area contributed by atoms with Crippen molar-refractivity contribution in [3.63, 3.8) is 0 Å². The Balaban J connectivity index is 1.72. The van der Waals surface area contributed by atoms with Crippen LogP contribution in [0.25, 0.3) is 0 Å². The third-order valence-corrected chi connectivity index (χ3v) is 4.62. The van der Waals surface area contributed by atoms with Crippen LogP contribution in [-0.4, -0.2) is 23.7 Å². The number of hydrogen-bond acceptors (Lipinski definition) is 3. The van der Waals surface area contributed by atoms with Gasteiger partial charge in [-0.15, -0.1) is 0 Å². The lowest BCUT2D eigenvalue weighted by Gasteiger charge is -2.13. The highest BCUT2D eigenvalue weighted by Crippen LogP contribution is 2.23. The first-order chi connectivity index (χ1) is 13.6. The molecular weight excluding hydrogens is 374 g/mol. The van der Waals surface area contributed by atoms with Crippen LogP contribution in [0, 0.1) is 0 Å². The van der Waals surface area contributed by atoms with E-state index in [4.69, 9.17) is 11.6 Å². The van der Waals surface area contributed by atoms with Gasteiger partial charge < -0.3 is 10.6 Å². The molecule has 1 aliphatic heterocycles. The van der Waals surface area contributed by atoms with Crippen LogP contribution in [0.2, 0.25) is 5.02 Å². The number of hydrogen-bond donors (Lipinski definition) is 2. The second-order valence-corrected chi connectivity index (χ2v) is 6.70. The highest BCUT2D eigenvalue weighted by Gasteiger charge is 2.27. The normalized spacial score (nSPS) is 15.7. The summed E-state index contributed by atoms with van der Waals surface area (Å²) in [4.78, 5) is 29.9. The van der Waals surface area contributed by atoms with Crippen molar-refractivity contribution in [3.8, 4) is 0 Å². The van der Waals surface area contributed by atoms with Crippen LogP contribution in [-0.2, 0) is 4.79 Å². The molecule has 3 aromatic carbocycles. The van der Waals surface area contributed by atoms with Crippen molar-refractivity contribution in [2.75, 3.05) is 5.32 Å². The van der Waals surface area contributed by atoms with Crippen molar-refractivity contribution in [2.24, 2.45) is 4.99 Å². The fraction of sp³-hybridized carbons (Fsp3) is 0.0455. The molecule has 28 heavy (non-hydrogen) atoms. The topological polar surface area (TPSA) is 70.6 Å². The van der Waals surface area contributed by atoms with Crippen LogP contribution in [0.5, 0.6) is 0 Å². The summed E-state index contributed by atoms with van der Waals surface area (Å²) in [6.45, 7) is 0. The van der Waals surface area contributed by atoms with Gasteiger partial charge in [0.1, 0.15) is 0 Å². The molecule has 0 radical (unpaired) electrons. The SMILES string of the molecule is O=C(NC1N=C(c2ccccc2)c2ccccc2NC1=O)c1ccc(Cl)cc1. The fourth-order valence-corrected chi connectivity index (χ4v) is 3.12. The Morgan fingerprint density at radius 3 is 2.36 bits per heavy atom. The van der Waals surface area contributed by atoms with E-state index in [1.54, 1.807) is 24.3 Å². The molecule has 0 saturated heterocycles. The van der Waals surface area contributed by atoms with Crippen LogP contribution in [0.15, 0.2) is 83.9 Å². The number of para-hydroxylation sites is 1. The summed E-state index contributed by atoms with van der Waals surface area (Å²) in [6, 6.07) is 23.4. The minimum atomic E-state index is -1.06. The molecule has 5 nitrogen and oxygen atoms in total. The number of fused-ring (bicyclic) bond motifs is 1. The van der Waals surface area contributed by atoms with E-state index < -0.39 is 18.0 Å². The molecule has 0 saturated carbocycles. The van der Waals surface area contributed by atoms with E-state index in [2.05, 4.69) is 15.6 Å². The predicted octanol–water partition coefficient (Wildman–Crippen LogP) is 3.89. The molecule has 3 aromatic rings. The lowest BCUT2D eigenvalue weighted by Crippen LogP contribution is -2.42. The molecule has 1 heterocycles. The van der Waals surface area contributed by atoms with Crippen molar-refractivity contribution in [1.82, 2.24) is 5.32 Å². The molecule has 1 atom stereocenters. The Labute approximate surface area is 167 Å². The molecule has 0 fully saturated rings. The Morgan fingerprint density at radius 2 is 1.61 bits per heavy atom. The monoisotopic (exact) mass is 389 g/mol. The number of rotatable bonds is 3. The van der Waals surface area contributed by atoms with Crippen molar-refractivity contribution >= 4 is 34.8 Å². The second-order valence-electron chi connectivity index (χ2n) is 6.26. The molecule has 0 spiro atoms. The van der Waals surface area contributed by atoms with Gasteiger partial charge in [-0.05, 0) is 30.3 Å². The molecule has 2 N–H and O–H groups in total. The third-order valence-electron chi connectivity index (χ3n) is 4.37. The number of anilines is 1. The molecule has 0 aromatic heterocycles. The maximum atomic E-state index is 12.7. The minimum Gasteiger partial charge on any atom is -0.322 e. The maximum Gasteiger partial charge on any atom is 0.269 e. The molecule has 4 rings (SSSR count). The standard InChI is InChI=1S/C22H16ClN3O2/c23-16-12-10-15(11-13-16)21(27)26-20-22(28)24-18-9-5-4-8-17(18)19(25-20)14-6-2-1-3-7-14/h1-13,20H,(H,24,28)(H,26,27). The van der Waals surface area contributed by atoms with Crippen LogP contribution in [0.1, 0.15) is 21.5 Å². The van der Waals surface area contributed by atoms with E-state index >= 15 is 0 Å². The van der Waals surface area contributed by atoms with E-state index in [1.165, 1.54) is 0 Å². The van der Waals surface area contributed by atoms with E-state index in [0.717, 1.165) is 11.1 Å². The zero-order valence-electron chi connectivity index (χ0n) is 14.7. The van der Waals surface area contributed by atoms with Gasteiger partial charge in [-0.2, -0.15) is 0 Å². The highest BCUT2D eigenvalue weighted by atomic mass is 35.5. The molecular formula is C22H16ClN3O2. The Morgan fingerprint density at radius 1 is 0.929 bits per heavy atom.